The summed E-state index contributed by atoms with van der Waals surface area (Å²) in [6.07, 6.45) is 1.45. The van der Waals surface area contributed by atoms with Crippen LogP contribution in [0.15, 0.2) is 28.7 Å². The smallest absolute Gasteiger partial charge is 0.318 e. The van der Waals surface area contributed by atoms with E-state index >= 15 is 0 Å². The summed E-state index contributed by atoms with van der Waals surface area (Å²) in [6, 6.07) is 8.23. The van der Waals surface area contributed by atoms with Gasteiger partial charge in [0.15, 0.2) is 0 Å². The number of anilines is 1. The Morgan fingerprint density at radius 3 is 2.48 bits per heavy atom. The van der Waals surface area contributed by atoms with Gasteiger partial charge in [-0.1, -0.05) is 42.7 Å². The van der Waals surface area contributed by atoms with Gasteiger partial charge < -0.3 is 14.2 Å². The summed E-state index contributed by atoms with van der Waals surface area (Å²) >= 11 is 5.91. The third kappa shape index (κ3) is 4.31. The van der Waals surface area contributed by atoms with E-state index in [1.807, 2.05) is 47.9 Å². The van der Waals surface area contributed by atoms with Gasteiger partial charge in [0.05, 0.1) is 0 Å². The van der Waals surface area contributed by atoms with E-state index in [9.17, 15) is 4.79 Å². The van der Waals surface area contributed by atoms with Gasteiger partial charge in [0.25, 0.3) is 0 Å². The second-order valence-electron chi connectivity index (χ2n) is 6.38. The second kappa shape index (κ2) is 7.87. The Kier molecular flexibility index (Phi) is 5.58. The van der Waals surface area contributed by atoms with Gasteiger partial charge in [-0.3, -0.25) is 4.79 Å². The molecular weight excluding hydrogens is 340 g/mol. The predicted octanol–water partition coefficient (Wildman–Crippen LogP) is 2.81. The van der Waals surface area contributed by atoms with Crippen LogP contribution in [-0.2, 0) is 17.6 Å². The Bertz CT molecular complexity index is 708. The Labute approximate surface area is 152 Å². The van der Waals surface area contributed by atoms with Gasteiger partial charge in [-0.2, -0.15) is 0 Å². The number of aromatic nitrogens is 2. The quantitative estimate of drug-likeness (QED) is 0.818. The lowest BCUT2D eigenvalue weighted by molar-refractivity contribution is -0.135. The summed E-state index contributed by atoms with van der Waals surface area (Å²) in [4.78, 5) is 16.7. The topological polar surface area (TPSA) is 62.5 Å². The number of rotatable bonds is 5. The van der Waals surface area contributed by atoms with E-state index in [1.165, 1.54) is 0 Å². The summed E-state index contributed by atoms with van der Waals surface area (Å²) < 4.78 is 5.59. The SMILES string of the molecule is CCc1nnc(N2CCN(C(=O)C(C)Cc3ccc(Cl)cc3)CC2)o1. The molecule has 25 heavy (non-hydrogen) atoms. The molecule has 1 saturated heterocycles. The van der Waals surface area contributed by atoms with Crippen LogP contribution in [0.2, 0.25) is 5.02 Å². The van der Waals surface area contributed by atoms with E-state index < -0.39 is 0 Å². The molecule has 1 amide bonds. The lowest BCUT2D eigenvalue weighted by atomic mass is 9.99. The lowest BCUT2D eigenvalue weighted by Crippen LogP contribution is -2.50. The average Bonchev–Trinajstić information content (AvgIpc) is 3.12. The molecule has 1 aromatic carbocycles. The molecule has 0 saturated carbocycles. The Morgan fingerprint density at radius 2 is 1.88 bits per heavy atom. The molecule has 1 aliphatic heterocycles. The first-order valence-corrected chi connectivity index (χ1v) is 9.05. The number of nitrogens with zero attached hydrogens (tertiary/aromatic N) is 4. The van der Waals surface area contributed by atoms with Crippen LogP contribution in [0.5, 0.6) is 0 Å². The highest BCUT2D eigenvalue weighted by Crippen LogP contribution is 2.18. The lowest BCUT2D eigenvalue weighted by Gasteiger charge is -2.35. The van der Waals surface area contributed by atoms with Gasteiger partial charge in [0.2, 0.25) is 11.8 Å². The number of hydrogen-bond donors (Lipinski definition) is 0. The molecule has 3 rings (SSSR count). The number of aryl methyl sites for hydroxylation is 1. The van der Waals surface area contributed by atoms with E-state index in [-0.39, 0.29) is 11.8 Å². The van der Waals surface area contributed by atoms with Gasteiger partial charge in [-0.05, 0) is 24.1 Å². The zero-order valence-corrected chi connectivity index (χ0v) is 15.4. The maximum atomic E-state index is 12.7. The first-order valence-electron chi connectivity index (χ1n) is 8.67. The second-order valence-corrected chi connectivity index (χ2v) is 6.81. The number of benzene rings is 1. The predicted molar refractivity (Wildman–Crippen MR) is 96.8 cm³/mol. The van der Waals surface area contributed by atoms with Crippen LogP contribution in [0.25, 0.3) is 0 Å². The molecule has 1 atom stereocenters. The largest absolute Gasteiger partial charge is 0.408 e. The third-order valence-electron chi connectivity index (χ3n) is 4.50. The number of piperazine rings is 1. The van der Waals surface area contributed by atoms with Gasteiger partial charge >= 0.3 is 6.01 Å². The van der Waals surface area contributed by atoms with Crippen molar-refractivity contribution in [2.75, 3.05) is 31.1 Å². The molecule has 0 aliphatic carbocycles. The highest BCUT2D eigenvalue weighted by Gasteiger charge is 2.27. The monoisotopic (exact) mass is 362 g/mol. The van der Waals surface area contributed by atoms with Crippen molar-refractivity contribution in [1.82, 2.24) is 15.1 Å². The van der Waals surface area contributed by atoms with Crippen molar-refractivity contribution in [3.63, 3.8) is 0 Å². The van der Waals surface area contributed by atoms with E-state index in [1.54, 1.807) is 0 Å². The normalized spacial score (nSPS) is 16.1. The molecule has 0 radical (unpaired) electrons. The number of carbonyl (C=O) groups excluding carboxylic acids is 1. The minimum absolute atomic E-state index is 0.0529. The molecule has 0 N–H and O–H groups in total. The fourth-order valence-corrected chi connectivity index (χ4v) is 3.13. The molecule has 2 heterocycles. The minimum Gasteiger partial charge on any atom is -0.408 e. The van der Waals surface area contributed by atoms with E-state index in [4.69, 9.17) is 16.0 Å². The maximum absolute atomic E-state index is 12.7. The summed E-state index contributed by atoms with van der Waals surface area (Å²) in [5, 5.41) is 8.78. The molecule has 7 heteroatoms. The van der Waals surface area contributed by atoms with Crippen LogP contribution < -0.4 is 4.90 Å². The molecule has 0 spiro atoms. The Hall–Kier alpha value is -2.08. The molecular formula is C18H23ClN4O2. The standard InChI is InChI=1S/C18H23ClN4O2/c1-3-16-20-21-18(25-16)23-10-8-22(9-11-23)17(24)13(2)12-14-4-6-15(19)7-5-14/h4-7,13H,3,8-12H2,1-2H3. The van der Waals surface area contributed by atoms with E-state index in [0.29, 0.717) is 43.1 Å². The molecule has 1 aromatic heterocycles. The first-order chi connectivity index (χ1) is 12.1. The van der Waals surface area contributed by atoms with Gasteiger partial charge in [0, 0.05) is 43.5 Å². The number of carbonyl (C=O) groups is 1. The number of amides is 1. The van der Waals surface area contributed by atoms with Crippen molar-refractivity contribution in [2.45, 2.75) is 26.7 Å². The summed E-state index contributed by atoms with van der Waals surface area (Å²) in [5.41, 5.74) is 1.13. The van der Waals surface area contributed by atoms with Crippen molar-refractivity contribution in [2.24, 2.45) is 5.92 Å². The highest BCUT2D eigenvalue weighted by atomic mass is 35.5. The fourth-order valence-electron chi connectivity index (χ4n) is 3.01. The molecule has 0 bridgehead atoms. The molecule has 6 nitrogen and oxygen atoms in total. The fraction of sp³-hybridized carbons (Fsp3) is 0.500. The van der Waals surface area contributed by atoms with Crippen LogP contribution in [0.1, 0.15) is 25.3 Å². The highest BCUT2D eigenvalue weighted by molar-refractivity contribution is 6.30. The molecule has 1 unspecified atom stereocenters. The first kappa shape index (κ1) is 17.7. The zero-order valence-electron chi connectivity index (χ0n) is 14.6. The summed E-state index contributed by atoms with van der Waals surface area (Å²) in [6.45, 7) is 6.74. The third-order valence-corrected chi connectivity index (χ3v) is 4.75. The van der Waals surface area contributed by atoms with Gasteiger partial charge in [-0.15, -0.1) is 5.10 Å². The maximum Gasteiger partial charge on any atom is 0.318 e. The van der Waals surface area contributed by atoms with Crippen LogP contribution in [0, 0.1) is 5.92 Å². The van der Waals surface area contributed by atoms with Crippen LogP contribution in [0.4, 0.5) is 6.01 Å². The average molecular weight is 363 g/mol. The van der Waals surface area contributed by atoms with Gasteiger partial charge in [-0.25, -0.2) is 0 Å². The zero-order chi connectivity index (χ0) is 17.8. The summed E-state index contributed by atoms with van der Waals surface area (Å²) in [7, 11) is 0. The van der Waals surface area contributed by atoms with E-state index in [0.717, 1.165) is 18.4 Å². The Morgan fingerprint density at radius 1 is 1.20 bits per heavy atom. The van der Waals surface area contributed by atoms with Crippen LogP contribution in [-0.4, -0.2) is 47.2 Å². The molecule has 1 aliphatic rings. The van der Waals surface area contributed by atoms with Crippen molar-refractivity contribution >= 4 is 23.5 Å². The van der Waals surface area contributed by atoms with Gasteiger partial charge in [0.1, 0.15) is 0 Å². The summed E-state index contributed by atoms with van der Waals surface area (Å²) in [5.74, 6) is 0.780. The Balaban J connectivity index is 1.52. The van der Waals surface area contributed by atoms with Crippen molar-refractivity contribution < 1.29 is 9.21 Å². The van der Waals surface area contributed by atoms with Crippen LogP contribution >= 0.6 is 11.6 Å². The van der Waals surface area contributed by atoms with Crippen molar-refractivity contribution in [3.05, 3.63) is 40.7 Å². The van der Waals surface area contributed by atoms with Crippen molar-refractivity contribution in [1.29, 1.82) is 0 Å². The molecule has 2 aromatic rings. The van der Waals surface area contributed by atoms with Crippen LogP contribution in [0.3, 0.4) is 0 Å². The van der Waals surface area contributed by atoms with Crippen molar-refractivity contribution in [3.8, 4) is 0 Å². The number of halogens is 1. The van der Waals surface area contributed by atoms with E-state index in [2.05, 4.69) is 10.2 Å². The number of hydrogen-bond acceptors (Lipinski definition) is 5. The minimum atomic E-state index is -0.0529. The molecule has 134 valence electrons. The molecule has 1 fully saturated rings.